The van der Waals surface area contributed by atoms with E-state index in [1.54, 1.807) is 24.4 Å². The smallest absolute Gasteiger partial charge is 0.166 e. The molecular formula is C33H36FN3O5S. The van der Waals surface area contributed by atoms with Crippen LogP contribution in [0.5, 0.6) is 11.5 Å². The molecule has 0 bridgehead atoms. The number of aromatic nitrogens is 2. The van der Waals surface area contributed by atoms with Crippen LogP contribution < -0.4 is 4.74 Å². The summed E-state index contributed by atoms with van der Waals surface area (Å²) in [6.45, 7) is 5.99. The molecule has 1 saturated carbocycles. The Labute approximate surface area is 254 Å². The van der Waals surface area contributed by atoms with Crippen LogP contribution in [-0.2, 0) is 32.0 Å². The zero-order valence-electron chi connectivity index (χ0n) is 24.1. The molecule has 0 amide bonds. The zero-order chi connectivity index (χ0) is 29.4. The van der Waals surface area contributed by atoms with Crippen LogP contribution in [0.4, 0.5) is 4.39 Å². The lowest BCUT2D eigenvalue weighted by atomic mass is 10.0. The fraction of sp³-hybridized carbons (Fsp3) is 0.424. The van der Waals surface area contributed by atoms with Crippen LogP contribution in [0.15, 0.2) is 54.9 Å². The highest BCUT2D eigenvalue weighted by Crippen LogP contribution is 2.39. The number of carbonyl (C=O) groups is 1. The first kappa shape index (κ1) is 29.8. The first-order chi connectivity index (χ1) is 21.1. The number of benzene rings is 1. The summed E-state index contributed by atoms with van der Waals surface area (Å²) in [5, 5.41) is 0. The molecule has 0 atom stereocenters. The number of rotatable bonds is 9. The van der Waals surface area contributed by atoms with Gasteiger partial charge in [-0.3, -0.25) is 19.7 Å². The van der Waals surface area contributed by atoms with Crippen molar-refractivity contribution in [2.45, 2.75) is 32.2 Å². The van der Waals surface area contributed by atoms with E-state index in [0.717, 1.165) is 58.8 Å². The zero-order valence-corrected chi connectivity index (χ0v) is 25.0. The summed E-state index contributed by atoms with van der Waals surface area (Å²) in [6.07, 6.45) is 6.66. The number of ether oxygens (including phenoxy) is 4. The van der Waals surface area contributed by atoms with Crippen molar-refractivity contribution < 1.29 is 28.1 Å². The highest BCUT2D eigenvalue weighted by molar-refractivity contribution is 7.22. The molecule has 3 aromatic heterocycles. The van der Waals surface area contributed by atoms with E-state index in [0.29, 0.717) is 63.3 Å². The van der Waals surface area contributed by atoms with Gasteiger partial charge in [0.15, 0.2) is 11.6 Å². The molecular weight excluding hydrogens is 569 g/mol. The largest absolute Gasteiger partial charge is 0.453 e. The van der Waals surface area contributed by atoms with E-state index in [2.05, 4.69) is 16.0 Å². The molecule has 43 heavy (non-hydrogen) atoms. The second-order valence-electron chi connectivity index (χ2n) is 11.0. The van der Waals surface area contributed by atoms with Crippen molar-refractivity contribution in [2.75, 3.05) is 52.7 Å². The number of pyridine rings is 2. The highest BCUT2D eigenvalue weighted by Gasteiger charge is 2.24. The SMILES string of the molecule is O=C(Cc1ccc(Oc2ccnc3cc(-c4ccc(CN5CCOCCOCCOCC5)cn4)sc23)c(F)c1)CC1CC1. The van der Waals surface area contributed by atoms with Crippen LogP contribution in [0, 0.1) is 11.7 Å². The quantitative estimate of drug-likeness (QED) is 0.228. The normalized spacial score (nSPS) is 17.3. The number of ketones is 1. The summed E-state index contributed by atoms with van der Waals surface area (Å²) in [6, 6.07) is 12.6. The topological polar surface area (TPSA) is 83.0 Å². The first-order valence-electron chi connectivity index (χ1n) is 14.9. The van der Waals surface area contributed by atoms with Crippen molar-refractivity contribution in [3.8, 4) is 22.1 Å². The monoisotopic (exact) mass is 605 g/mol. The van der Waals surface area contributed by atoms with Crippen LogP contribution in [0.3, 0.4) is 0 Å². The Kier molecular flexibility index (Phi) is 10.0. The molecule has 1 aliphatic heterocycles. The molecule has 1 aromatic carbocycles. The van der Waals surface area contributed by atoms with Gasteiger partial charge >= 0.3 is 0 Å². The van der Waals surface area contributed by atoms with E-state index in [-0.39, 0.29) is 18.0 Å². The average Bonchev–Trinajstić information content (AvgIpc) is 3.69. The van der Waals surface area contributed by atoms with Crippen molar-refractivity contribution in [1.82, 2.24) is 14.9 Å². The third-order valence-electron chi connectivity index (χ3n) is 7.54. The molecule has 4 heterocycles. The van der Waals surface area contributed by atoms with E-state index in [1.165, 1.54) is 17.4 Å². The predicted octanol–water partition coefficient (Wildman–Crippen LogP) is 6.07. The third-order valence-corrected chi connectivity index (χ3v) is 8.70. The number of halogens is 1. The molecule has 4 aromatic rings. The second kappa shape index (κ2) is 14.5. The van der Waals surface area contributed by atoms with Crippen molar-refractivity contribution in [1.29, 1.82) is 0 Å². The molecule has 0 spiro atoms. The minimum atomic E-state index is -0.486. The lowest BCUT2D eigenvalue weighted by Gasteiger charge is -2.23. The maximum Gasteiger partial charge on any atom is 0.166 e. The van der Waals surface area contributed by atoms with Gasteiger partial charge < -0.3 is 18.9 Å². The van der Waals surface area contributed by atoms with Gasteiger partial charge in [-0.1, -0.05) is 12.1 Å². The van der Waals surface area contributed by atoms with Gasteiger partial charge in [-0.05, 0) is 54.2 Å². The Balaban J connectivity index is 1.11. The van der Waals surface area contributed by atoms with E-state index in [9.17, 15) is 9.18 Å². The summed E-state index contributed by atoms with van der Waals surface area (Å²) in [5.74, 6) is 0.848. The number of hydrogen-bond acceptors (Lipinski definition) is 9. The Morgan fingerprint density at radius 3 is 2.35 bits per heavy atom. The summed E-state index contributed by atoms with van der Waals surface area (Å²) >= 11 is 1.51. The molecule has 0 N–H and O–H groups in total. The molecule has 1 aliphatic carbocycles. The van der Waals surface area contributed by atoms with Crippen molar-refractivity contribution in [2.24, 2.45) is 5.92 Å². The predicted molar refractivity (Wildman–Crippen MR) is 163 cm³/mol. The number of Topliss-reactive ketones (excluding diaryl/α,β-unsaturated/α-hetero) is 1. The van der Waals surface area contributed by atoms with E-state index >= 15 is 0 Å². The van der Waals surface area contributed by atoms with Gasteiger partial charge in [0.25, 0.3) is 0 Å². The van der Waals surface area contributed by atoms with Gasteiger partial charge in [-0.15, -0.1) is 11.3 Å². The van der Waals surface area contributed by atoms with Gasteiger partial charge in [-0.25, -0.2) is 4.39 Å². The van der Waals surface area contributed by atoms with Gasteiger partial charge in [-0.2, -0.15) is 0 Å². The van der Waals surface area contributed by atoms with Gasteiger partial charge in [0.05, 0.1) is 60.4 Å². The molecule has 0 radical (unpaired) electrons. The van der Waals surface area contributed by atoms with Gasteiger partial charge in [0.1, 0.15) is 11.5 Å². The Hall–Kier alpha value is -3.28. The summed E-state index contributed by atoms with van der Waals surface area (Å²) < 4.78 is 38.6. The Bertz CT molecular complexity index is 1510. The number of hydrogen-bond donors (Lipinski definition) is 0. The van der Waals surface area contributed by atoms with Crippen molar-refractivity contribution in [3.63, 3.8) is 0 Å². The van der Waals surface area contributed by atoms with Crippen LogP contribution in [-0.4, -0.2) is 73.4 Å². The van der Waals surface area contributed by atoms with Crippen molar-refractivity contribution >= 4 is 27.3 Å². The fourth-order valence-corrected chi connectivity index (χ4v) is 6.08. The average molecular weight is 606 g/mol. The molecule has 0 unspecified atom stereocenters. The Morgan fingerprint density at radius 1 is 0.907 bits per heavy atom. The minimum Gasteiger partial charge on any atom is -0.453 e. The van der Waals surface area contributed by atoms with E-state index < -0.39 is 5.82 Å². The summed E-state index contributed by atoms with van der Waals surface area (Å²) in [4.78, 5) is 24.7. The van der Waals surface area contributed by atoms with Crippen LogP contribution in [0.1, 0.15) is 30.4 Å². The lowest BCUT2D eigenvalue weighted by Crippen LogP contribution is -2.32. The molecule has 6 rings (SSSR count). The first-order valence-corrected chi connectivity index (χ1v) is 15.7. The fourth-order valence-electron chi connectivity index (χ4n) is 5.04. The maximum absolute atomic E-state index is 15.0. The van der Waals surface area contributed by atoms with Crippen molar-refractivity contribution in [3.05, 3.63) is 71.8 Å². The molecule has 2 fully saturated rings. The highest BCUT2D eigenvalue weighted by atomic mass is 32.1. The van der Waals surface area contributed by atoms with E-state index in [4.69, 9.17) is 23.9 Å². The summed E-state index contributed by atoms with van der Waals surface area (Å²) in [7, 11) is 0. The summed E-state index contributed by atoms with van der Waals surface area (Å²) in [5.41, 5.74) is 3.37. The maximum atomic E-state index is 15.0. The minimum absolute atomic E-state index is 0.120. The number of nitrogens with zero attached hydrogens (tertiary/aromatic N) is 3. The lowest BCUT2D eigenvalue weighted by molar-refractivity contribution is -0.118. The molecule has 2 aliphatic rings. The molecule has 10 heteroatoms. The Morgan fingerprint density at radius 2 is 1.65 bits per heavy atom. The van der Waals surface area contributed by atoms with Gasteiger partial charge in [0.2, 0.25) is 0 Å². The molecule has 1 saturated heterocycles. The number of thiophene rings is 1. The third kappa shape index (κ3) is 8.43. The molecule has 8 nitrogen and oxygen atoms in total. The standard InChI is InChI=1S/C33H36FN3O5S/c34-27-19-24(18-26(38)17-23-1-2-23)4-6-30(27)42-31-7-8-35-29-20-32(43-33(29)31)28-5-3-25(21-36-28)22-37-9-11-39-13-15-41-16-14-40-12-10-37/h3-8,19-21,23H,1-2,9-18,22H2. The molecule has 226 valence electrons. The number of carbonyl (C=O) groups excluding carboxylic acids is 1. The van der Waals surface area contributed by atoms with Gasteiger partial charge in [0, 0.05) is 50.9 Å². The van der Waals surface area contributed by atoms with E-state index in [1.807, 2.05) is 18.3 Å². The van der Waals surface area contributed by atoms with Crippen LogP contribution in [0.25, 0.3) is 20.8 Å². The van der Waals surface area contributed by atoms with Crippen LogP contribution in [0.2, 0.25) is 0 Å². The number of fused-ring (bicyclic) bond motifs is 1. The second-order valence-corrected chi connectivity index (χ2v) is 12.1. The van der Waals surface area contributed by atoms with Crippen LogP contribution >= 0.6 is 11.3 Å².